The average Bonchev–Trinajstić information content (AvgIpc) is 2.74. The van der Waals surface area contributed by atoms with Crippen molar-refractivity contribution in [3.63, 3.8) is 0 Å². The fourth-order valence-corrected chi connectivity index (χ4v) is 2.74. The lowest BCUT2D eigenvalue weighted by Crippen LogP contribution is -2.14. The Morgan fingerprint density at radius 2 is 2.06 bits per heavy atom. The van der Waals surface area contributed by atoms with E-state index in [1.54, 1.807) is 6.07 Å². The molecule has 3 nitrogen and oxygen atoms in total. The number of carboxylic acid groups (broad SMARTS) is 1. The van der Waals surface area contributed by atoms with Gasteiger partial charge < -0.3 is 9.67 Å². The molecule has 0 spiro atoms. The average molecular weight is 355 g/mol. The van der Waals surface area contributed by atoms with E-state index in [0.29, 0.717) is 5.69 Å². The highest BCUT2D eigenvalue weighted by molar-refractivity contribution is 14.1. The van der Waals surface area contributed by atoms with Crippen molar-refractivity contribution >= 4 is 28.6 Å². The summed E-state index contributed by atoms with van der Waals surface area (Å²) in [5.41, 5.74) is 1.48. The summed E-state index contributed by atoms with van der Waals surface area (Å²) in [6, 6.07) is 11.8. The third kappa shape index (κ3) is 2.58. The van der Waals surface area contributed by atoms with Crippen molar-refractivity contribution in [1.82, 2.24) is 4.57 Å². The number of rotatable bonds is 4. The summed E-state index contributed by atoms with van der Waals surface area (Å²) < 4.78 is 2.79. The van der Waals surface area contributed by atoms with Crippen molar-refractivity contribution in [3.8, 4) is 0 Å². The number of aromatic nitrogens is 1. The van der Waals surface area contributed by atoms with Crippen LogP contribution in [0.1, 0.15) is 35.4 Å². The molecule has 1 atom stereocenters. The van der Waals surface area contributed by atoms with Gasteiger partial charge in [-0.25, -0.2) is 4.79 Å². The zero-order valence-corrected chi connectivity index (χ0v) is 12.2. The molecule has 0 bridgehead atoms. The van der Waals surface area contributed by atoms with Crippen LogP contribution in [0.4, 0.5) is 0 Å². The molecule has 2 rings (SSSR count). The summed E-state index contributed by atoms with van der Waals surface area (Å²) in [4.78, 5) is 11.3. The number of hydrogen-bond acceptors (Lipinski definition) is 1. The SMILES string of the molecule is CCC(c1ccccc1)n1cc(I)cc1C(=O)O. The lowest BCUT2D eigenvalue weighted by atomic mass is 10.0. The van der Waals surface area contributed by atoms with Crippen LogP contribution in [-0.4, -0.2) is 15.6 Å². The molecule has 4 heteroatoms. The predicted molar refractivity (Wildman–Crippen MR) is 79.0 cm³/mol. The third-order valence-electron chi connectivity index (χ3n) is 2.94. The molecular formula is C14H14INO2. The quantitative estimate of drug-likeness (QED) is 0.848. The van der Waals surface area contributed by atoms with Gasteiger partial charge in [0.05, 0.1) is 6.04 Å². The Labute approximate surface area is 120 Å². The van der Waals surface area contributed by atoms with Crippen LogP contribution >= 0.6 is 22.6 Å². The number of halogens is 1. The molecule has 1 unspecified atom stereocenters. The molecule has 18 heavy (non-hydrogen) atoms. The van der Waals surface area contributed by atoms with Crippen LogP contribution in [-0.2, 0) is 0 Å². The van der Waals surface area contributed by atoms with Crippen LogP contribution in [0.2, 0.25) is 0 Å². The summed E-state index contributed by atoms with van der Waals surface area (Å²) in [5.74, 6) is -0.882. The highest BCUT2D eigenvalue weighted by atomic mass is 127. The lowest BCUT2D eigenvalue weighted by molar-refractivity contribution is 0.0683. The summed E-state index contributed by atoms with van der Waals surface area (Å²) in [7, 11) is 0. The maximum Gasteiger partial charge on any atom is 0.352 e. The van der Waals surface area contributed by atoms with Gasteiger partial charge in [-0.2, -0.15) is 0 Å². The topological polar surface area (TPSA) is 42.2 Å². The molecule has 0 aliphatic carbocycles. The van der Waals surface area contributed by atoms with Gasteiger partial charge in [-0.1, -0.05) is 37.3 Å². The second kappa shape index (κ2) is 5.56. The Bertz CT molecular complexity index is 548. The van der Waals surface area contributed by atoms with E-state index in [9.17, 15) is 9.90 Å². The van der Waals surface area contributed by atoms with Gasteiger partial charge in [-0.15, -0.1) is 0 Å². The number of carbonyl (C=O) groups is 1. The first-order chi connectivity index (χ1) is 8.63. The summed E-state index contributed by atoms with van der Waals surface area (Å²) in [6.07, 6.45) is 2.75. The lowest BCUT2D eigenvalue weighted by Gasteiger charge is -2.19. The molecule has 0 radical (unpaired) electrons. The van der Waals surface area contributed by atoms with E-state index in [4.69, 9.17) is 0 Å². The zero-order chi connectivity index (χ0) is 13.1. The Morgan fingerprint density at radius 3 is 2.61 bits per heavy atom. The van der Waals surface area contributed by atoms with Crippen molar-refractivity contribution in [1.29, 1.82) is 0 Å². The van der Waals surface area contributed by atoms with E-state index in [0.717, 1.165) is 15.6 Å². The first-order valence-corrected chi connectivity index (χ1v) is 6.87. The van der Waals surface area contributed by atoms with Crippen molar-refractivity contribution in [3.05, 3.63) is 57.4 Å². The minimum atomic E-state index is -0.882. The fraction of sp³-hybridized carbons (Fsp3) is 0.214. The normalized spacial score (nSPS) is 12.3. The van der Waals surface area contributed by atoms with Crippen LogP contribution in [0.5, 0.6) is 0 Å². The van der Waals surface area contributed by atoms with Crippen LogP contribution in [0.15, 0.2) is 42.6 Å². The van der Waals surface area contributed by atoms with E-state index in [-0.39, 0.29) is 6.04 Å². The minimum Gasteiger partial charge on any atom is -0.477 e. The van der Waals surface area contributed by atoms with Gasteiger partial charge in [0.15, 0.2) is 0 Å². The molecule has 1 heterocycles. The first-order valence-electron chi connectivity index (χ1n) is 5.79. The number of carboxylic acids is 1. The smallest absolute Gasteiger partial charge is 0.352 e. The Balaban J connectivity index is 2.48. The van der Waals surface area contributed by atoms with E-state index >= 15 is 0 Å². The first kappa shape index (κ1) is 13.1. The van der Waals surface area contributed by atoms with Crippen molar-refractivity contribution in [2.45, 2.75) is 19.4 Å². The van der Waals surface area contributed by atoms with Gasteiger partial charge in [0.25, 0.3) is 0 Å². The highest BCUT2D eigenvalue weighted by Gasteiger charge is 2.19. The van der Waals surface area contributed by atoms with Gasteiger partial charge in [0.1, 0.15) is 5.69 Å². The third-order valence-corrected chi connectivity index (χ3v) is 3.53. The van der Waals surface area contributed by atoms with Crippen LogP contribution < -0.4 is 0 Å². The summed E-state index contributed by atoms with van der Waals surface area (Å²) in [5, 5.41) is 9.25. The second-order valence-corrected chi connectivity index (χ2v) is 5.34. The molecule has 94 valence electrons. The molecular weight excluding hydrogens is 341 g/mol. The van der Waals surface area contributed by atoms with Gasteiger partial charge in [0, 0.05) is 9.77 Å². The summed E-state index contributed by atoms with van der Waals surface area (Å²) in [6.45, 7) is 2.07. The van der Waals surface area contributed by atoms with E-state index in [1.165, 1.54) is 0 Å². The van der Waals surface area contributed by atoms with Crippen molar-refractivity contribution < 1.29 is 9.90 Å². The van der Waals surface area contributed by atoms with Gasteiger partial charge in [0.2, 0.25) is 0 Å². The molecule has 1 aromatic carbocycles. The monoisotopic (exact) mass is 355 g/mol. The number of hydrogen-bond donors (Lipinski definition) is 1. The predicted octanol–water partition coefficient (Wildman–Crippen LogP) is 3.79. The molecule has 1 aromatic heterocycles. The standard InChI is InChI=1S/C14H14INO2/c1-2-12(10-6-4-3-5-7-10)16-9-11(15)8-13(16)14(17)18/h3-9,12H,2H2,1H3,(H,17,18). The van der Waals surface area contributed by atoms with Crippen molar-refractivity contribution in [2.24, 2.45) is 0 Å². The van der Waals surface area contributed by atoms with Gasteiger partial charge >= 0.3 is 5.97 Å². The largest absolute Gasteiger partial charge is 0.477 e. The second-order valence-electron chi connectivity index (χ2n) is 4.09. The van der Waals surface area contributed by atoms with Gasteiger partial charge in [-0.05, 0) is 40.6 Å². The highest BCUT2D eigenvalue weighted by Crippen LogP contribution is 2.25. The number of benzene rings is 1. The molecule has 1 N–H and O–H groups in total. The maximum atomic E-state index is 11.3. The van der Waals surface area contributed by atoms with Gasteiger partial charge in [-0.3, -0.25) is 0 Å². The molecule has 0 amide bonds. The van der Waals surface area contributed by atoms with E-state index < -0.39 is 5.97 Å². The maximum absolute atomic E-state index is 11.3. The molecule has 0 aliphatic rings. The van der Waals surface area contributed by atoms with E-state index in [2.05, 4.69) is 29.5 Å². The van der Waals surface area contributed by atoms with E-state index in [1.807, 2.05) is 41.1 Å². The number of aromatic carboxylic acids is 1. The minimum absolute atomic E-state index is 0.0702. The summed E-state index contributed by atoms with van der Waals surface area (Å²) >= 11 is 2.14. The zero-order valence-electron chi connectivity index (χ0n) is 10.0. The fourth-order valence-electron chi connectivity index (χ4n) is 2.14. The van der Waals surface area contributed by atoms with Crippen LogP contribution in [0.25, 0.3) is 0 Å². The molecule has 0 fully saturated rings. The molecule has 2 aromatic rings. The molecule has 0 saturated heterocycles. The van der Waals surface area contributed by atoms with Crippen LogP contribution in [0, 0.1) is 3.57 Å². The molecule has 0 saturated carbocycles. The van der Waals surface area contributed by atoms with Crippen molar-refractivity contribution in [2.75, 3.05) is 0 Å². The Morgan fingerprint density at radius 1 is 1.39 bits per heavy atom. The molecule has 0 aliphatic heterocycles. The Hall–Kier alpha value is -1.30. The number of nitrogens with zero attached hydrogens (tertiary/aromatic N) is 1. The van der Waals surface area contributed by atoms with Crippen LogP contribution in [0.3, 0.4) is 0 Å². The Kier molecular flexibility index (Phi) is 4.06.